The number of aromatic nitrogens is 1. The van der Waals surface area contributed by atoms with Crippen molar-refractivity contribution in [3.8, 4) is 11.1 Å². The van der Waals surface area contributed by atoms with Gasteiger partial charge >= 0.3 is 0 Å². The van der Waals surface area contributed by atoms with Gasteiger partial charge in [-0.1, -0.05) is 30.3 Å². The maximum absolute atomic E-state index is 4.33. The lowest BCUT2D eigenvalue weighted by Crippen LogP contribution is -1.87. The quantitative estimate of drug-likeness (QED) is 0.516. The first-order chi connectivity index (χ1) is 6.75. The fourth-order valence-electron chi connectivity index (χ4n) is 1.26. The number of hydrogen-bond donors (Lipinski definition) is 0. The number of benzene rings is 1. The van der Waals surface area contributed by atoms with E-state index in [9.17, 15) is 0 Å². The molecule has 0 unspecified atom stereocenters. The summed E-state index contributed by atoms with van der Waals surface area (Å²) in [7, 11) is 0. The van der Waals surface area contributed by atoms with Crippen molar-refractivity contribution >= 4 is 45.2 Å². The summed E-state index contributed by atoms with van der Waals surface area (Å²) < 4.78 is 2.07. The summed E-state index contributed by atoms with van der Waals surface area (Å²) in [6.07, 6.45) is 0. The van der Waals surface area contributed by atoms with Crippen molar-refractivity contribution in [3.63, 3.8) is 0 Å². The van der Waals surface area contributed by atoms with Crippen molar-refractivity contribution in [2.45, 2.75) is 0 Å². The van der Waals surface area contributed by atoms with Crippen LogP contribution in [-0.4, -0.2) is 4.98 Å². The fraction of sp³-hybridized carbons (Fsp3) is 0. The average Bonchev–Trinajstić information content (AvgIpc) is 2.18. The third-order valence-corrected chi connectivity index (χ3v) is 2.98. The lowest BCUT2D eigenvalue weighted by Gasteiger charge is -2.02. The maximum Gasteiger partial charge on any atom is 0.103 e. The van der Waals surface area contributed by atoms with Crippen LogP contribution >= 0.6 is 45.2 Å². The molecule has 0 spiro atoms. The predicted octanol–water partition coefficient (Wildman–Crippen LogP) is 3.96. The van der Waals surface area contributed by atoms with Gasteiger partial charge in [-0.3, -0.25) is 0 Å². The van der Waals surface area contributed by atoms with E-state index in [1.54, 1.807) is 0 Å². The topological polar surface area (TPSA) is 12.9 Å². The number of hydrogen-bond acceptors (Lipinski definition) is 1. The first-order valence-electron chi connectivity index (χ1n) is 4.14. The zero-order valence-electron chi connectivity index (χ0n) is 7.24. The van der Waals surface area contributed by atoms with Crippen LogP contribution in [0.2, 0.25) is 0 Å². The van der Waals surface area contributed by atoms with E-state index in [4.69, 9.17) is 0 Å². The molecular weight excluding hydrogens is 400 g/mol. The molecule has 0 bridgehead atoms. The average molecular weight is 407 g/mol. The molecule has 0 aliphatic rings. The lowest BCUT2D eigenvalue weighted by atomic mass is 10.1. The zero-order valence-corrected chi connectivity index (χ0v) is 11.6. The zero-order chi connectivity index (χ0) is 9.97. The van der Waals surface area contributed by atoms with Crippen molar-refractivity contribution in [1.29, 1.82) is 0 Å². The minimum absolute atomic E-state index is 1.04. The first kappa shape index (κ1) is 10.4. The van der Waals surface area contributed by atoms with Crippen LogP contribution < -0.4 is 0 Å². The third kappa shape index (κ3) is 2.44. The molecule has 2 rings (SSSR count). The van der Waals surface area contributed by atoms with E-state index in [0.717, 1.165) is 7.40 Å². The molecule has 0 amide bonds. The minimum atomic E-state index is 1.04. The van der Waals surface area contributed by atoms with Gasteiger partial charge in [-0.15, -0.1) is 0 Å². The highest BCUT2D eigenvalue weighted by molar-refractivity contribution is 14.1. The van der Waals surface area contributed by atoms with Gasteiger partial charge < -0.3 is 0 Å². The van der Waals surface area contributed by atoms with E-state index in [1.807, 2.05) is 6.07 Å². The highest BCUT2D eigenvalue weighted by Gasteiger charge is 2.00. The summed E-state index contributed by atoms with van der Waals surface area (Å²) in [6, 6.07) is 14.5. The van der Waals surface area contributed by atoms with E-state index >= 15 is 0 Å². The van der Waals surface area contributed by atoms with Gasteiger partial charge in [0.05, 0.1) is 0 Å². The number of rotatable bonds is 1. The van der Waals surface area contributed by atoms with E-state index < -0.39 is 0 Å². The number of nitrogens with zero attached hydrogens (tertiary/aromatic N) is 1. The van der Waals surface area contributed by atoms with E-state index in [0.29, 0.717) is 0 Å². The molecule has 70 valence electrons. The maximum atomic E-state index is 4.33. The van der Waals surface area contributed by atoms with E-state index in [2.05, 4.69) is 86.6 Å². The molecule has 1 nitrogen and oxygen atoms in total. The molecule has 0 saturated carbocycles. The van der Waals surface area contributed by atoms with Crippen molar-refractivity contribution in [3.05, 3.63) is 49.9 Å². The Kier molecular flexibility index (Phi) is 3.38. The molecule has 0 atom stereocenters. The summed E-state index contributed by atoms with van der Waals surface area (Å²) >= 11 is 4.48. The van der Waals surface area contributed by atoms with Crippen molar-refractivity contribution in [1.82, 2.24) is 4.98 Å². The molecule has 2 aromatic rings. The molecule has 0 N–H and O–H groups in total. The third-order valence-electron chi connectivity index (χ3n) is 1.87. The molecule has 1 aromatic carbocycles. The predicted molar refractivity (Wildman–Crippen MR) is 75.1 cm³/mol. The van der Waals surface area contributed by atoms with Crippen LogP contribution in [0.25, 0.3) is 11.1 Å². The first-order valence-corrected chi connectivity index (χ1v) is 6.30. The molecule has 0 aliphatic carbocycles. The van der Waals surface area contributed by atoms with Crippen molar-refractivity contribution in [2.24, 2.45) is 0 Å². The number of pyridine rings is 1. The van der Waals surface area contributed by atoms with Gasteiger partial charge in [0.15, 0.2) is 0 Å². The second-order valence-electron chi connectivity index (χ2n) is 2.87. The Morgan fingerprint density at radius 3 is 1.93 bits per heavy atom. The Morgan fingerprint density at radius 1 is 0.786 bits per heavy atom. The van der Waals surface area contributed by atoms with E-state index in [-0.39, 0.29) is 0 Å². The smallest absolute Gasteiger partial charge is 0.103 e. The SMILES string of the molecule is Ic1cc(-c2ccccc2)cc(I)n1. The summed E-state index contributed by atoms with van der Waals surface area (Å²) in [4.78, 5) is 4.33. The molecule has 1 heterocycles. The van der Waals surface area contributed by atoms with Crippen molar-refractivity contribution in [2.75, 3.05) is 0 Å². The summed E-state index contributed by atoms with van der Waals surface area (Å²) in [5.74, 6) is 0. The van der Waals surface area contributed by atoms with Crippen LogP contribution in [0.15, 0.2) is 42.5 Å². The monoisotopic (exact) mass is 407 g/mol. The van der Waals surface area contributed by atoms with Crippen LogP contribution in [0, 0.1) is 7.40 Å². The van der Waals surface area contributed by atoms with Gasteiger partial charge in [-0.25, -0.2) is 4.98 Å². The molecule has 0 saturated heterocycles. The highest BCUT2D eigenvalue weighted by atomic mass is 127. The van der Waals surface area contributed by atoms with Crippen LogP contribution in [0.3, 0.4) is 0 Å². The summed E-state index contributed by atoms with van der Waals surface area (Å²) in [6.45, 7) is 0. The normalized spacial score (nSPS) is 10.1. The van der Waals surface area contributed by atoms with Gasteiger partial charge in [-0.2, -0.15) is 0 Å². The Balaban J connectivity index is 2.52. The lowest BCUT2D eigenvalue weighted by molar-refractivity contribution is 1.22. The van der Waals surface area contributed by atoms with Gasteiger partial charge in [0.25, 0.3) is 0 Å². The Morgan fingerprint density at radius 2 is 1.36 bits per heavy atom. The fourth-order valence-corrected chi connectivity index (χ4v) is 2.91. The minimum Gasteiger partial charge on any atom is -0.236 e. The van der Waals surface area contributed by atoms with Crippen LogP contribution in [-0.2, 0) is 0 Å². The van der Waals surface area contributed by atoms with Crippen LogP contribution in [0.5, 0.6) is 0 Å². The standard InChI is InChI=1S/C11H7I2N/c12-10-6-9(7-11(13)14-10)8-4-2-1-3-5-8/h1-7H. The molecule has 3 heteroatoms. The largest absolute Gasteiger partial charge is 0.236 e. The second-order valence-corrected chi connectivity index (χ2v) is 5.08. The Bertz CT molecular complexity index is 420. The van der Waals surface area contributed by atoms with Gasteiger partial charge in [0.1, 0.15) is 7.40 Å². The Labute approximate surface area is 110 Å². The van der Waals surface area contributed by atoms with Crippen molar-refractivity contribution < 1.29 is 0 Å². The molecule has 1 aromatic heterocycles. The summed E-state index contributed by atoms with van der Waals surface area (Å²) in [5, 5.41) is 0. The number of halogens is 2. The van der Waals surface area contributed by atoms with Crippen LogP contribution in [0.1, 0.15) is 0 Å². The molecular formula is C11H7I2N. The highest BCUT2D eigenvalue weighted by Crippen LogP contribution is 2.21. The summed E-state index contributed by atoms with van der Waals surface area (Å²) in [5.41, 5.74) is 2.47. The van der Waals surface area contributed by atoms with Crippen LogP contribution in [0.4, 0.5) is 0 Å². The molecule has 0 aliphatic heterocycles. The second kappa shape index (κ2) is 4.57. The molecule has 0 fully saturated rings. The molecule has 14 heavy (non-hydrogen) atoms. The molecule has 0 radical (unpaired) electrons. The van der Waals surface area contributed by atoms with Gasteiger partial charge in [0.2, 0.25) is 0 Å². The van der Waals surface area contributed by atoms with Gasteiger partial charge in [-0.05, 0) is 68.4 Å². The Hall–Kier alpha value is -0.170. The van der Waals surface area contributed by atoms with E-state index in [1.165, 1.54) is 11.1 Å². The van der Waals surface area contributed by atoms with Gasteiger partial charge in [0, 0.05) is 0 Å².